The molecule has 1 aliphatic heterocycles. The van der Waals surface area contributed by atoms with Gasteiger partial charge < -0.3 is 20.4 Å². The lowest BCUT2D eigenvalue weighted by atomic mass is 10.1. The Kier molecular flexibility index (Phi) is 6.26. The van der Waals surface area contributed by atoms with E-state index in [1.165, 1.54) is 36.6 Å². The van der Waals surface area contributed by atoms with E-state index in [0.717, 1.165) is 6.07 Å². The van der Waals surface area contributed by atoms with Crippen molar-refractivity contribution < 1.29 is 18.4 Å². The molecule has 0 radical (unpaired) electrons. The number of rotatable bonds is 4. The quantitative estimate of drug-likeness (QED) is 0.621. The van der Waals surface area contributed by atoms with Crippen LogP contribution in [0.4, 0.5) is 30.2 Å². The zero-order valence-electron chi connectivity index (χ0n) is 17.1. The summed E-state index contributed by atoms with van der Waals surface area (Å²) in [6.07, 6.45) is 1.47. The van der Waals surface area contributed by atoms with Crippen LogP contribution < -0.4 is 15.5 Å². The van der Waals surface area contributed by atoms with E-state index < -0.39 is 11.6 Å². The number of hydrogen-bond acceptors (Lipinski definition) is 6. The lowest BCUT2D eigenvalue weighted by Crippen LogP contribution is -2.50. The molecule has 3 aromatic rings. The second-order valence-corrected chi connectivity index (χ2v) is 7.97. The van der Waals surface area contributed by atoms with Crippen LogP contribution >= 0.6 is 11.3 Å². The van der Waals surface area contributed by atoms with E-state index in [1.54, 1.807) is 22.4 Å². The molecule has 1 fully saturated rings. The molecule has 8 nitrogen and oxygen atoms in total. The van der Waals surface area contributed by atoms with Gasteiger partial charge in [-0.15, -0.1) is 11.3 Å². The van der Waals surface area contributed by atoms with Gasteiger partial charge in [-0.25, -0.2) is 23.5 Å². The van der Waals surface area contributed by atoms with Gasteiger partial charge in [-0.1, -0.05) is 6.07 Å². The van der Waals surface area contributed by atoms with Gasteiger partial charge in [0.15, 0.2) is 16.8 Å². The molecule has 0 spiro atoms. The lowest BCUT2D eigenvalue weighted by Gasteiger charge is -2.34. The number of aromatic nitrogens is 2. The Bertz CT molecular complexity index is 1130. The summed E-state index contributed by atoms with van der Waals surface area (Å²) < 4.78 is 27.5. The summed E-state index contributed by atoms with van der Waals surface area (Å²) >= 11 is 1.35. The number of thiazole rings is 1. The number of halogens is 2. The van der Waals surface area contributed by atoms with Crippen molar-refractivity contribution in [1.82, 2.24) is 14.9 Å². The maximum absolute atomic E-state index is 14.0. The van der Waals surface area contributed by atoms with Crippen molar-refractivity contribution in [2.45, 2.75) is 6.92 Å². The van der Waals surface area contributed by atoms with Crippen LogP contribution in [0.15, 0.2) is 41.9 Å². The van der Waals surface area contributed by atoms with Crippen LogP contribution in [-0.4, -0.2) is 53.0 Å². The first-order chi connectivity index (χ1) is 15.4. The molecule has 2 aromatic heterocycles. The van der Waals surface area contributed by atoms with E-state index in [-0.39, 0.29) is 17.5 Å². The SMILES string of the molecule is CC(=O)Nc1ccc(NC(=O)N2CCN(c3nc(-c4cccc(F)c4F)cs3)CC2)cn1. The van der Waals surface area contributed by atoms with Crippen LogP contribution in [0.25, 0.3) is 11.3 Å². The Morgan fingerprint density at radius 2 is 1.84 bits per heavy atom. The van der Waals surface area contributed by atoms with Crippen LogP contribution in [0.3, 0.4) is 0 Å². The monoisotopic (exact) mass is 458 g/mol. The fourth-order valence-electron chi connectivity index (χ4n) is 3.26. The molecular formula is C21H20F2N6O2S. The summed E-state index contributed by atoms with van der Waals surface area (Å²) in [7, 11) is 0. The molecular weight excluding hydrogens is 438 g/mol. The number of piperazine rings is 1. The van der Waals surface area contributed by atoms with Crippen molar-refractivity contribution >= 4 is 39.9 Å². The molecule has 0 bridgehead atoms. The molecule has 3 amide bonds. The highest BCUT2D eigenvalue weighted by molar-refractivity contribution is 7.14. The van der Waals surface area contributed by atoms with Crippen molar-refractivity contribution in [3.8, 4) is 11.3 Å². The maximum Gasteiger partial charge on any atom is 0.322 e. The number of pyridine rings is 1. The van der Waals surface area contributed by atoms with E-state index in [2.05, 4.69) is 20.6 Å². The molecule has 0 atom stereocenters. The Labute approximate surface area is 186 Å². The number of urea groups is 1. The highest BCUT2D eigenvalue weighted by Crippen LogP contribution is 2.30. The third kappa shape index (κ3) is 4.83. The van der Waals surface area contributed by atoms with Gasteiger partial charge in [-0.2, -0.15) is 0 Å². The Hall–Kier alpha value is -3.60. The van der Waals surface area contributed by atoms with Crippen molar-refractivity contribution in [2.75, 3.05) is 41.7 Å². The average Bonchev–Trinajstić information content (AvgIpc) is 3.27. The minimum absolute atomic E-state index is 0.128. The smallest absolute Gasteiger partial charge is 0.322 e. The normalized spacial score (nSPS) is 13.7. The number of carbonyl (C=O) groups is 2. The standard InChI is InChI=1S/C21H20F2N6O2S/c1-13(30)25-18-6-5-14(11-24-18)26-20(31)28-7-9-29(10-8-28)21-27-17(12-32-21)15-3-2-4-16(22)19(15)23/h2-6,11-12H,7-10H2,1H3,(H,26,31)(H,24,25,30). The van der Waals surface area contributed by atoms with Gasteiger partial charge in [0.25, 0.3) is 0 Å². The Balaban J connectivity index is 1.33. The fourth-order valence-corrected chi connectivity index (χ4v) is 4.14. The van der Waals surface area contributed by atoms with Gasteiger partial charge in [0.2, 0.25) is 5.91 Å². The van der Waals surface area contributed by atoms with Crippen LogP contribution in [0, 0.1) is 11.6 Å². The molecule has 0 saturated carbocycles. The lowest BCUT2D eigenvalue weighted by molar-refractivity contribution is -0.114. The summed E-state index contributed by atoms with van der Waals surface area (Å²) in [5.41, 5.74) is 1.04. The number of anilines is 3. The Morgan fingerprint density at radius 3 is 2.53 bits per heavy atom. The van der Waals surface area contributed by atoms with Crippen molar-refractivity contribution in [3.63, 3.8) is 0 Å². The zero-order valence-corrected chi connectivity index (χ0v) is 18.0. The summed E-state index contributed by atoms with van der Waals surface area (Å²) in [5, 5.41) is 7.75. The van der Waals surface area contributed by atoms with E-state index in [4.69, 9.17) is 0 Å². The van der Waals surface area contributed by atoms with Crippen LogP contribution in [0.2, 0.25) is 0 Å². The summed E-state index contributed by atoms with van der Waals surface area (Å²) in [5.74, 6) is -1.63. The zero-order chi connectivity index (χ0) is 22.7. The number of nitrogens with zero attached hydrogens (tertiary/aromatic N) is 4. The number of hydrogen-bond donors (Lipinski definition) is 2. The third-order valence-corrected chi connectivity index (χ3v) is 5.78. The molecule has 11 heteroatoms. The first-order valence-corrected chi connectivity index (χ1v) is 10.7. The summed E-state index contributed by atoms with van der Waals surface area (Å²) in [6, 6.07) is 7.04. The topological polar surface area (TPSA) is 90.5 Å². The van der Waals surface area contributed by atoms with Crippen molar-refractivity contribution in [2.24, 2.45) is 0 Å². The van der Waals surface area contributed by atoms with Gasteiger partial charge in [0, 0.05) is 44.0 Å². The number of carbonyl (C=O) groups excluding carboxylic acids is 2. The average molecular weight is 458 g/mol. The number of nitrogens with one attached hydrogen (secondary N) is 2. The van der Waals surface area contributed by atoms with Crippen LogP contribution in [-0.2, 0) is 4.79 Å². The Morgan fingerprint density at radius 1 is 1.06 bits per heavy atom. The predicted octanol–water partition coefficient (Wildman–Crippen LogP) is 3.80. The first-order valence-electron chi connectivity index (χ1n) is 9.85. The second kappa shape index (κ2) is 9.27. The molecule has 32 heavy (non-hydrogen) atoms. The van der Waals surface area contributed by atoms with Gasteiger partial charge in [-0.05, 0) is 24.3 Å². The van der Waals surface area contributed by atoms with Gasteiger partial charge in [0.1, 0.15) is 5.82 Å². The highest BCUT2D eigenvalue weighted by Gasteiger charge is 2.23. The molecule has 0 unspecified atom stereocenters. The molecule has 1 aliphatic rings. The summed E-state index contributed by atoms with van der Waals surface area (Å²) in [4.78, 5) is 35.8. The maximum atomic E-state index is 14.0. The second-order valence-electron chi connectivity index (χ2n) is 7.13. The van der Waals surface area contributed by atoms with E-state index in [0.29, 0.717) is 48.5 Å². The van der Waals surface area contributed by atoms with Gasteiger partial charge in [-0.3, -0.25) is 4.79 Å². The summed E-state index contributed by atoms with van der Waals surface area (Å²) in [6.45, 7) is 3.47. The predicted molar refractivity (Wildman–Crippen MR) is 119 cm³/mol. The molecule has 166 valence electrons. The van der Waals surface area contributed by atoms with Crippen molar-refractivity contribution in [3.05, 3.63) is 53.5 Å². The molecule has 3 heterocycles. The number of amides is 3. The van der Waals surface area contributed by atoms with Crippen LogP contribution in [0.5, 0.6) is 0 Å². The van der Waals surface area contributed by atoms with Crippen molar-refractivity contribution in [1.29, 1.82) is 0 Å². The number of benzene rings is 1. The first kappa shape index (κ1) is 21.6. The van der Waals surface area contributed by atoms with E-state index in [1.807, 2.05) is 4.90 Å². The molecule has 2 N–H and O–H groups in total. The largest absolute Gasteiger partial charge is 0.345 e. The molecule has 1 aromatic carbocycles. The molecule has 1 saturated heterocycles. The molecule has 4 rings (SSSR count). The van der Waals surface area contributed by atoms with E-state index >= 15 is 0 Å². The van der Waals surface area contributed by atoms with E-state index in [9.17, 15) is 18.4 Å². The van der Waals surface area contributed by atoms with Gasteiger partial charge in [0.05, 0.1) is 17.6 Å². The minimum Gasteiger partial charge on any atom is -0.345 e. The van der Waals surface area contributed by atoms with Crippen LogP contribution in [0.1, 0.15) is 6.92 Å². The highest BCUT2D eigenvalue weighted by atomic mass is 32.1. The van der Waals surface area contributed by atoms with Gasteiger partial charge >= 0.3 is 6.03 Å². The third-order valence-electron chi connectivity index (χ3n) is 4.88. The molecule has 0 aliphatic carbocycles. The minimum atomic E-state index is -0.912. The fraction of sp³-hybridized carbons (Fsp3) is 0.238.